The monoisotopic (exact) mass is 348 g/mol. The van der Waals surface area contributed by atoms with Crippen LogP contribution in [0, 0.1) is 6.92 Å². The second-order valence-corrected chi connectivity index (χ2v) is 5.48. The van der Waals surface area contributed by atoms with Gasteiger partial charge in [-0.2, -0.15) is 0 Å². The lowest BCUT2D eigenvalue weighted by atomic mass is 10.2. The smallest absolute Gasteiger partial charge is 0.256 e. The third-order valence-corrected chi connectivity index (χ3v) is 3.65. The zero-order valence-corrected chi connectivity index (χ0v) is 13.6. The van der Waals surface area contributed by atoms with Crippen molar-refractivity contribution >= 4 is 21.8 Å². The maximum atomic E-state index is 12.3. The van der Waals surface area contributed by atoms with Crippen molar-refractivity contribution in [2.75, 3.05) is 20.2 Å². The van der Waals surface area contributed by atoms with Crippen LogP contribution in [-0.2, 0) is 0 Å². The van der Waals surface area contributed by atoms with Crippen LogP contribution in [0.4, 0.5) is 0 Å². The Labute approximate surface area is 132 Å². The van der Waals surface area contributed by atoms with E-state index >= 15 is 0 Å². The van der Waals surface area contributed by atoms with Crippen molar-refractivity contribution < 1.29 is 9.53 Å². The van der Waals surface area contributed by atoms with Crippen molar-refractivity contribution in [1.82, 2.24) is 9.88 Å². The minimum atomic E-state index is -0.0807. The van der Waals surface area contributed by atoms with Gasteiger partial charge in [0.1, 0.15) is 17.0 Å². The van der Waals surface area contributed by atoms with Crippen LogP contribution in [0.15, 0.2) is 47.2 Å². The largest absolute Gasteiger partial charge is 0.492 e. The highest BCUT2D eigenvalue weighted by molar-refractivity contribution is 9.10. The fourth-order valence-corrected chi connectivity index (χ4v) is 2.28. The molecule has 1 aromatic carbocycles. The van der Waals surface area contributed by atoms with Crippen LogP contribution in [0.25, 0.3) is 0 Å². The standard InChI is InChI=1S/C16H17BrN2O2/c1-12-5-3-6-13(11-12)21-10-9-19(2)16(20)14-7-4-8-18-15(14)17/h3-8,11H,9-10H2,1-2H3. The molecule has 1 heterocycles. The van der Waals surface area contributed by atoms with E-state index in [-0.39, 0.29) is 5.91 Å². The zero-order chi connectivity index (χ0) is 15.2. The summed E-state index contributed by atoms with van der Waals surface area (Å²) in [7, 11) is 1.75. The quantitative estimate of drug-likeness (QED) is 0.778. The molecular formula is C16H17BrN2O2. The lowest BCUT2D eigenvalue weighted by Gasteiger charge is -2.18. The van der Waals surface area contributed by atoms with Crippen LogP contribution in [0.5, 0.6) is 5.75 Å². The molecule has 1 aromatic heterocycles. The van der Waals surface area contributed by atoms with Gasteiger partial charge in [0.05, 0.1) is 12.1 Å². The van der Waals surface area contributed by atoms with Crippen LogP contribution in [0.3, 0.4) is 0 Å². The van der Waals surface area contributed by atoms with Gasteiger partial charge in [-0.05, 0) is 52.7 Å². The van der Waals surface area contributed by atoms with E-state index in [0.29, 0.717) is 23.3 Å². The lowest BCUT2D eigenvalue weighted by molar-refractivity contribution is 0.0772. The second kappa shape index (κ2) is 7.22. The zero-order valence-electron chi connectivity index (χ0n) is 12.0. The van der Waals surface area contributed by atoms with E-state index < -0.39 is 0 Å². The van der Waals surface area contributed by atoms with E-state index in [0.717, 1.165) is 11.3 Å². The molecule has 110 valence electrons. The minimum absolute atomic E-state index is 0.0807. The summed E-state index contributed by atoms with van der Waals surface area (Å²) in [6.45, 7) is 2.97. The summed E-state index contributed by atoms with van der Waals surface area (Å²) in [6.07, 6.45) is 1.64. The number of hydrogen-bond donors (Lipinski definition) is 0. The van der Waals surface area contributed by atoms with Gasteiger partial charge >= 0.3 is 0 Å². The molecule has 0 aliphatic rings. The number of carbonyl (C=O) groups is 1. The summed E-state index contributed by atoms with van der Waals surface area (Å²) in [5.74, 6) is 0.737. The number of benzene rings is 1. The number of aromatic nitrogens is 1. The fraction of sp³-hybridized carbons (Fsp3) is 0.250. The van der Waals surface area contributed by atoms with Crippen molar-refractivity contribution in [3.8, 4) is 5.75 Å². The predicted octanol–water partition coefficient (Wildman–Crippen LogP) is 3.30. The molecule has 5 heteroatoms. The number of aryl methyl sites for hydroxylation is 1. The summed E-state index contributed by atoms with van der Waals surface area (Å²) in [4.78, 5) is 17.9. The first-order chi connectivity index (χ1) is 10.1. The SMILES string of the molecule is Cc1cccc(OCCN(C)C(=O)c2cccnc2Br)c1. The van der Waals surface area contributed by atoms with Crippen molar-refractivity contribution in [2.24, 2.45) is 0 Å². The molecule has 1 amide bonds. The summed E-state index contributed by atoms with van der Waals surface area (Å²) in [5.41, 5.74) is 1.70. The number of pyridine rings is 1. The van der Waals surface area contributed by atoms with Gasteiger partial charge in [-0.1, -0.05) is 12.1 Å². The van der Waals surface area contributed by atoms with Gasteiger partial charge < -0.3 is 9.64 Å². The van der Waals surface area contributed by atoms with Crippen LogP contribution >= 0.6 is 15.9 Å². The first kappa shape index (κ1) is 15.5. The van der Waals surface area contributed by atoms with Crippen molar-refractivity contribution in [3.05, 3.63) is 58.3 Å². The molecule has 2 rings (SSSR count). The Kier molecular flexibility index (Phi) is 5.33. The number of amides is 1. The van der Waals surface area contributed by atoms with Gasteiger partial charge in [0, 0.05) is 13.2 Å². The number of nitrogens with zero attached hydrogens (tertiary/aromatic N) is 2. The second-order valence-electron chi connectivity index (χ2n) is 4.73. The van der Waals surface area contributed by atoms with E-state index in [1.807, 2.05) is 31.2 Å². The Morgan fingerprint density at radius 3 is 2.86 bits per heavy atom. The summed E-state index contributed by atoms with van der Waals surface area (Å²) in [5, 5.41) is 0. The average molecular weight is 349 g/mol. The Morgan fingerprint density at radius 1 is 1.33 bits per heavy atom. The van der Waals surface area contributed by atoms with Gasteiger partial charge in [0.2, 0.25) is 0 Å². The molecule has 0 saturated carbocycles. The summed E-state index contributed by atoms with van der Waals surface area (Å²) in [6, 6.07) is 11.3. The molecule has 0 aliphatic carbocycles. The van der Waals surface area contributed by atoms with Crippen LogP contribution in [0.1, 0.15) is 15.9 Å². The van der Waals surface area contributed by atoms with Crippen molar-refractivity contribution in [1.29, 1.82) is 0 Å². The predicted molar refractivity (Wildman–Crippen MR) is 85.6 cm³/mol. The van der Waals surface area contributed by atoms with Gasteiger partial charge in [-0.15, -0.1) is 0 Å². The highest BCUT2D eigenvalue weighted by atomic mass is 79.9. The summed E-state index contributed by atoms with van der Waals surface area (Å²) < 4.78 is 6.21. The molecule has 2 aromatic rings. The molecule has 21 heavy (non-hydrogen) atoms. The first-order valence-corrected chi connectivity index (χ1v) is 7.42. The summed E-state index contributed by atoms with van der Waals surface area (Å²) >= 11 is 3.29. The normalized spacial score (nSPS) is 10.2. The van der Waals surface area contributed by atoms with Gasteiger partial charge in [-0.3, -0.25) is 4.79 Å². The Hall–Kier alpha value is -1.88. The Bertz CT molecular complexity index is 631. The highest BCUT2D eigenvalue weighted by Gasteiger charge is 2.14. The lowest BCUT2D eigenvalue weighted by Crippen LogP contribution is -2.31. The number of halogens is 1. The van der Waals surface area contributed by atoms with Crippen LogP contribution in [0.2, 0.25) is 0 Å². The third kappa shape index (κ3) is 4.29. The molecule has 0 bridgehead atoms. The fourth-order valence-electron chi connectivity index (χ4n) is 1.86. The number of hydrogen-bond acceptors (Lipinski definition) is 3. The maximum absolute atomic E-state index is 12.3. The Balaban J connectivity index is 1.89. The van der Waals surface area contributed by atoms with Crippen molar-refractivity contribution in [3.63, 3.8) is 0 Å². The van der Waals surface area contributed by atoms with E-state index in [4.69, 9.17) is 4.74 Å². The highest BCUT2D eigenvalue weighted by Crippen LogP contribution is 2.15. The third-order valence-electron chi connectivity index (χ3n) is 3.02. The van der Waals surface area contributed by atoms with Crippen LogP contribution in [-0.4, -0.2) is 36.0 Å². The maximum Gasteiger partial charge on any atom is 0.256 e. The molecule has 0 aliphatic heterocycles. The molecule has 0 N–H and O–H groups in total. The van der Waals surface area contributed by atoms with Crippen LogP contribution < -0.4 is 4.74 Å². The van der Waals surface area contributed by atoms with E-state index in [1.54, 1.807) is 30.3 Å². The molecular weight excluding hydrogens is 332 g/mol. The van der Waals surface area contributed by atoms with Gasteiger partial charge in [-0.25, -0.2) is 4.98 Å². The molecule has 0 atom stereocenters. The minimum Gasteiger partial charge on any atom is -0.492 e. The van der Waals surface area contributed by atoms with E-state index in [9.17, 15) is 4.79 Å². The molecule has 0 saturated heterocycles. The van der Waals surface area contributed by atoms with E-state index in [1.165, 1.54) is 0 Å². The molecule has 0 radical (unpaired) electrons. The Morgan fingerprint density at radius 2 is 2.14 bits per heavy atom. The molecule has 4 nitrogen and oxygen atoms in total. The van der Waals surface area contributed by atoms with E-state index in [2.05, 4.69) is 20.9 Å². The average Bonchev–Trinajstić information content (AvgIpc) is 2.47. The van der Waals surface area contributed by atoms with Crippen molar-refractivity contribution in [2.45, 2.75) is 6.92 Å². The number of rotatable bonds is 5. The molecule has 0 fully saturated rings. The molecule has 0 unspecified atom stereocenters. The number of ether oxygens (including phenoxy) is 1. The first-order valence-electron chi connectivity index (χ1n) is 6.63. The number of carbonyl (C=O) groups excluding carboxylic acids is 1. The molecule has 0 spiro atoms. The van der Waals surface area contributed by atoms with Gasteiger partial charge in [0.25, 0.3) is 5.91 Å². The van der Waals surface area contributed by atoms with Gasteiger partial charge in [0.15, 0.2) is 0 Å². The topological polar surface area (TPSA) is 42.4 Å². The number of likely N-dealkylation sites (N-methyl/N-ethyl adjacent to an activating group) is 1.